The summed E-state index contributed by atoms with van der Waals surface area (Å²) in [5.41, 5.74) is 9.33. The fraction of sp³-hybridized carbons (Fsp3) is 0. The van der Waals surface area contributed by atoms with Crippen molar-refractivity contribution in [1.29, 1.82) is 0 Å². The molecule has 0 atom stereocenters. The molecule has 3 heterocycles. The van der Waals surface area contributed by atoms with E-state index in [-0.39, 0.29) is 6.71 Å². The molecule has 0 fully saturated rings. The van der Waals surface area contributed by atoms with Crippen molar-refractivity contribution in [3.63, 3.8) is 0 Å². The third-order valence-corrected chi connectivity index (χ3v) is 8.33. The summed E-state index contributed by atoms with van der Waals surface area (Å²) < 4.78 is 15.2. The molecule has 2 aliphatic heterocycles. The Hall–Kier alpha value is -5.22. The first-order valence-electron chi connectivity index (χ1n) is 13.6. The molecule has 186 valence electrons. The zero-order valence-electron chi connectivity index (χ0n) is 21.5. The summed E-state index contributed by atoms with van der Waals surface area (Å²) in [6, 6.07) is 47.0. The van der Waals surface area contributed by atoms with Gasteiger partial charge in [-0.1, -0.05) is 84.9 Å². The first-order chi connectivity index (χ1) is 19.8. The molecule has 0 saturated carbocycles. The van der Waals surface area contributed by atoms with E-state index in [0.29, 0.717) is 0 Å². The van der Waals surface area contributed by atoms with Crippen molar-refractivity contribution in [1.82, 2.24) is 4.57 Å². The van der Waals surface area contributed by atoms with Crippen LogP contribution in [0.25, 0.3) is 38.6 Å². The Morgan fingerprint density at radius 2 is 1.18 bits per heavy atom. The van der Waals surface area contributed by atoms with Crippen molar-refractivity contribution in [3.05, 3.63) is 133 Å². The van der Waals surface area contributed by atoms with Crippen molar-refractivity contribution in [2.75, 3.05) is 0 Å². The quantitative estimate of drug-likeness (QED) is 0.230. The molecule has 4 heteroatoms. The smallest absolute Gasteiger partial charge is 0.260 e. The lowest BCUT2D eigenvalue weighted by Gasteiger charge is -2.32. The molecular weight excluding hydrogens is 489 g/mol. The lowest BCUT2D eigenvalue weighted by Crippen LogP contribution is -2.57. The topological polar surface area (TPSA) is 23.4 Å². The van der Waals surface area contributed by atoms with Gasteiger partial charge in [-0.15, -0.1) is 0 Å². The Morgan fingerprint density at radius 3 is 2.08 bits per heavy atom. The average Bonchev–Trinajstić information content (AvgIpc) is 3.36. The van der Waals surface area contributed by atoms with Gasteiger partial charge in [-0.25, -0.2) is 0 Å². The molecule has 7 aromatic rings. The number of nitrogens with zero attached hydrogens (tertiary/aromatic N) is 1. The predicted octanol–water partition coefficient (Wildman–Crippen LogP) is 7.18. The molecule has 0 N–H and O–H groups in total. The van der Waals surface area contributed by atoms with Crippen LogP contribution in [-0.2, 0) is 0 Å². The van der Waals surface area contributed by atoms with Crippen LogP contribution in [0.1, 0.15) is 0 Å². The zero-order valence-corrected chi connectivity index (χ0v) is 21.5. The highest BCUT2D eigenvalue weighted by Crippen LogP contribution is 2.40. The minimum Gasteiger partial charge on any atom is -0.458 e. The van der Waals surface area contributed by atoms with Gasteiger partial charge in [0.1, 0.15) is 23.0 Å². The van der Waals surface area contributed by atoms with Crippen LogP contribution in [0.2, 0.25) is 0 Å². The number of benzene rings is 6. The van der Waals surface area contributed by atoms with Crippen LogP contribution in [0.3, 0.4) is 0 Å². The molecule has 3 nitrogen and oxygen atoms in total. The highest BCUT2D eigenvalue weighted by molar-refractivity contribution is 6.98. The molecule has 0 saturated heterocycles. The maximum Gasteiger partial charge on any atom is 0.260 e. The summed E-state index contributed by atoms with van der Waals surface area (Å²) in [5.74, 6) is 3.54. The van der Waals surface area contributed by atoms with Gasteiger partial charge in [0.05, 0.1) is 11.0 Å². The van der Waals surface area contributed by atoms with Crippen molar-refractivity contribution in [3.8, 4) is 39.8 Å². The van der Waals surface area contributed by atoms with Crippen LogP contribution in [0, 0.1) is 0 Å². The fourth-order valence-electron chi connectivity index (χ4n) is 6.66. The maximum atomic E-state index is 6.59. The molecule has 0 bridgehead atoms. The minimum atomic E-state index is 0.0738. The van der Waals surface area contributed by atoms with E-state index < -0.39 is 0 Å². The highest BCUT2D eigenvalue weighted by Gasteiger charge is 2.39. The van der Waals surface area contributed by atoms with Crippen molar-refractivity contribution in [2.24, 2.45) is 0 Å². The summed E-state index contributed by atoms with van der Waals surface area (Å²) in [6.07, 6.45) is 0. The van der Waals surface area contributed by atoms with Gasteiger partial charge in [-0.2, -0.15) is 0 Å². The molecule has 0 unspecified atom stereocenters. The Balaban J connectivity index is 1.27. The molecule has 1 aromatic heterocycles. The normalized spacial score (nSPS) is 12.8. The molecule has 0 spiro atoms. The number of rotatable bonds is 2. The van der Waals surface area contributed by atoms with Crippen molar-refractivity contribution in [2.45, 2.75) is 0 Å². The number of hydrogen-bond donors (Lipinski definition) is 0. The first kappa shape index (κ1) is 21.7. The summed E-state index contributed by atoms with van der Waals surface area (Å²) >= 11 is 0. The molecule has 0 amide bonds. The number of para-hydroxylation sites is 3. The first-order valence-corrected chi connectivity index (χ1v) is 13.6. The molecular formula is C36H22BNO2. The lowest BCUT2D eigenvalue weighted by molar-refractivity contribution is 0.464. The third kappa shape index (κ3) is 2.96. The molecule has 0 aliphatic carbocycles. The summed E-state index contributed by atoms with van der Waals surface area (Å²) in [4.78, 5) is 0. The summed E-state index contributed by atoms with van der Waals surface area (Å²) in [5, 5.41) is 2.49. The highest BCUT2D eigenvalue weighted by atomic mass is 16.5. The molecule has 9 rings (SSSR count). The van der Waals surface area contributed by atoms with Gasteiger partial charge < -0.3 is 14.0 Å². The van der Waals surface area contributed by atoms with E-state index in [0.717, 1.165) is 39.7 Å². The lowest BCUT2D eigenvalue weighted by atomic mass is 9.35. The largest absolute Gasteiger partial charge is 0.458 e. The van der Waals surface area contributed by atoms with Crippen molar-refractivity contribution >= 4 is 44.9 Å². The van der Waals surface area contributed by atoms with Gasteiger partial charge in [0.15, 0.2) is 0 Å². The standard InChI is InChI=1S/C36H22BNO2/c1-2-10-24(11-3-1)38-29-15-6-4-12-26(29)35-25(13-8-16-30(35)38)23-20-21-28-34(22-23)40-33-19-9-18-32-36(33)37(28)27-14-5-7-17-31(27)39-32/h1-22H. The van der Waals surface area contributed by atoms with Gasteiger partial charge in [0, 0.05) is 21.9 Å². The van der Waals surface area contributed by atoms with Gasteiger partial charge in [0.25, 0.3) is 6.71 Å². The predicted molar refractivity (Wildman–Crippen MR) is 164 cm³/mol. The van der Waals surface area contributed by atoms with Crippen LogP contribution in [0.15, 0.2) is 133 Å². The molecule has 6 aromatic carbocycles. The molecule has 40 heavy (non-hydrogen) atoms. The molecule has 0 radical (unpaired) electrons. The second-order valence-corrected chi connectivity index (χ2v) is 10.5. The molecule has 2 aliphatic rings. The van der Waals surface area contributed by atoms with E-state index in [2.05, 4.69) is 114 Å². The van der Waals surface area contributed by atoms with Crippen molar-refractivity contribution < 1.29 is 9.47 Å². The fourth-order valence-corrected chi connectivity index (χ4v) is 6.66. The maximum absolute atomic E-state index is 6.59. The van der Waals surface area contributed by atoms with Crippen LogP contribution >= 0.6 is 0 Å². The van der Waals surface area contributed by atoms with Crippen LogP contribution in [0.4, 0.5) is 0 Å². The third-order valence-electron chi connectivity index (χ3n) is 8.33. The van der Waals surface area contributed by atoms with Crippen LogP contribution in [-0.4, -0.2) is 11.3 Å². The Kier molecular flexibility index (Phi) is 4.41. The van der Waals surface area contributed by atoms with E-state index in [1.807, 2.05) is 24.3 Å². The van der Waals surface area contributed by atoms with E-state index in [1.165, 1.54) is 38.3 Å². The summed E-state index contributed by atoms with van der Waals surface area (Å²) in [6.45, 7) is 0.0738. The van der Waals surface area contributed by atoms with Gasteiger partial charge in [-0.05, 0) is 70.6 Å². The second kappa shape index (κ2) is 8.14. The number of fused-ring (bicyclic) bond motifs is 7. The number of aromatic nitrogens is 1. The van der Waals surface area contributed by atoms with Crippen LogP contribution in [0.5, 0.6) is 23.0 Å². The Bertz CT molecular complexity index is 2130. The van der Waals surface area contributed by atoms with E-state index in [1.54, 1.807) is 0 Å². The van der Waals surface area contributed by atoms with Gasteiger partial charge >= 0.3 is 0 Å². The van der Waals surface area contributed by atoms with E-state index in [9.17, 15) is 0 Å². The van der Waals surface area contributed by atoms with E-state index >= 15 is 0 Å². The monoisotopic (exact) mass is 511 g/mol. The second-order valence-electron chi connectivity index (χ2n) is 10.5. The number of ether oxygens (including phenoxy) is 2. The van der Waals surface area contributed by atoms with Gasteiger partial charge in [-0.3, -0.25) is 0 Å². The minimum absolute atomic E-state index is 0.0738. The Morgan fingerprint density at radius 1 is 0.500 bits per heavy atom. The average molecular weight is 511 g/mol. The zero-order chi connectivity index (χ0) is 26.2. The SMILES string of the molecule is c1ccc(-n2c3ccccc3c3c(-c4ccc5c(c4)Oc4cccc6c4B5c4ccccc4O6)cccc32)cc1. The van der Waals surface area contributed by atoms with Gasteiger partial charge in [0.2, 0.25) is 0 Å². The van der Waals surface area contributed by atoms with Crippen LogP contribution < -0.4 is 25.9 Å². The number of hydrogen-bond acceptors (Lipinski definition) is 2. The Labute approximate surface area is 231 Å². The van der Waals surface area contributed by atoms with E-state index in [4.69, 9.17) is 9.47 Å². The summed E-state index contributed by atoms with van der Waals surface area (Å²) in [7, 11) is 0.